The molecular formula is C12H18FNO3S. The number of methoxy groups -OCH3 is 1. The summed E-state index contributed by atoms with van der Waals surface area (Å²) in [7, 11) is -2.35. The van der Waals surface area contributed by atoms with Gasteiger partial charge >= 0.3 is 0 Å². The molecule has 18 heavy (non-hydrogen) atoms. The Hall–Kier alpha value is -1.14. The van der Waals surface area contributed by atoms with Crippen molar-refractivity contribution in [1.29, 1.82) is 0 Å². The molecule has 1 aromatic carbocycles. The average molecular weight is 275 g/mol. The van der Waals surface area contributed by atoms with Crippen molar-refractivity contribution >= 4 is 10.0 Å². The largest absolute Gasteiger partial charge is 0.494 e. The molecule has 0 aliphatic carbocycles. The Morgan fingerprint density at radius 2 is 2.11 bits per heavy atom. The molecule has 0 saturated heterocycles. The monoisotopic (exact) mass is 275 g/mol. The number of benzene rings is 1. The van der Waals surface area contributed by atoms with Gasteiger partial charge in [-0.3, -0.25) is 0 Å². The van der Waals surface area contributed by atoms with Crippen LogP contribution in [0.5, 0.6) is 5.75 Å². The Kier molecular flexibility index (Phi) is 5.10. The maximum absolute atomic E-state index is 13.4. The quantitative estimate of drug-likeness (QED) is 0.866. The van der Waals surface area contributed by atoms with Crippen molar-refractivity contribution in [2.45, 2.75) is 37.6 Å². The molecule has 0 fully saturated rings. The predicted octanol–water partition coefficient (Wildman–Crippen LogP) is 2.30. The van der Waals surface area contributed by atoms with Gasteiger partial charge in [-0.25, -0.2) is 17.5 Å². The number of halogens is 1. The van der Waals surface area contributed by atoms with Crippen molar-refractivity contribution in [2.75, 3.05) is 7.11 Å². The van der Waals surface area contributed by atoms with E-state index in [1.54, 1.807) is 6.92 Å². The summed E-state index contributed by atoms with van der Waals surface area (Å²) in [5.74, 6) is -0.668. The van der Waals surface area contributed by atoms with Crippen LogP contribution in [0.4, 0.5) is 4.39 Å². The summed E-state index contributed by atoms with van der Waals surface area (Å²) in [5.41, 5.74) is 0. The zero-order valence-corrected chi connectivity index (χ0v) is 11.6. The number of ether oxygens (including phenoxy) is 1. The van der Waals surface area contributed by atoms with Gasteiger partial charge in [0.05, 0.1) is 12.0 Å². The van der Waals surface area contributed by atoms with Crippen LogP contribution in [0.2, 0.25) is 0 Å². The molecule has 0 amide bonds. The summed E-state index contributed by atoms with van der Waals surface area (Å²) < 4.78 is 44.6. The van der Waals surface area contributed by atoms with Crippen LogP contribution in [0.3, 0.4) is 0 Å². The van der Waals surface area contributed by atoms with Crippen LogP contribution in [0, 0.1) is 5.82 Å². The van der Waals surface area contributed by atoms with Gasteiger partial charge in [0.2, 0.25) is 10.0 Å². The van der Waals surface area contributed by atoms with Crippen LogP contribution >= 0.6 is 0 Å². The highest BCUT2D eigenvalue weighted by Gasteiger charge is 2.18. The minimum absolute atomic E-state index is 0.0237. The van der Waals surface area contributed by atoms with E-state index in [0.29, 0.717) is 0 Å². The smallest absolute Gasteiger partial charge is 0.240 e. The highest BCUT2D eigenvalue weighted by molar-refractivity contribution is 7.89. The second kappa shape index (κ2) is 6.15. The van der Waals surface area contributed by atoms with Gasteiger partial charge in [0.15, 0.2) is 11.6 Å². The van der Waals surface area contributed by atoms with E-state index in [4.69, 9.17) is 4.74 Å². The fraction of sp³-hybridized carbons (Fsp3) is 0.500. The molecule has 0 unspecified atom stereocenters. The maximum Gasteiger partial charge on any atom is 0.240 e. The van der Waals surface area contributed by atoms with Crippen LogP contribution in [0.25, 0.3) is 0 Å². The lowest BCUT2D eigenvalue weighted by Gasteiger charge is -2.13. The molecule has 1 atom stereocenters. The maximum atomic E-state index is 13.4. The van der Waals surface area contributed by atoms with Crippen LogP contribution in [0.15, 0.2) is 23.1 Å². The number of nitrogens with one attached hydrogen (secondary N) is 1. The van der Waals surface area contributed by atoms with E-state index < -0.39 is 15.8 Å². The zero-order valence-electron chi connectivity index (χ0n) is 10.7. The lowest BCUT2D eigenvalue weighted by atomic mass is 10.2. The third-order valence-corrected chi connectivity index (χ3v) is 4.10. The molecule has 1 N–H and O–H groups in total. The summed E-state index contributed by atoms with van der Waals surface area (Å²) in [6.07, 6.45) is 1.61. The summed E-state index contributed by atoms with van der Waals surface area (Å²) in [5, 5.41) is 0. The Morgan fingerprint density at radius 3 is 2.61 bits per heavy atom. The minimum Gasteiger partial charge on any atom is -0.494 e. The van der Waals surface area contributed by atoms with E-state index in [1.165, 1.54) is 19.2 Å². The standard InChI is InChI=1S/C12H18FNO3S/c1-4-5-9(2)14-18(15,16)10-6-7-12(17-3)11(13)8-10/h6-9,14H,4-5H2,1-3H3/t9-/m0/s1. The molecule has 0 saturated carbocycles. The first-order chi connectivity index (χ1) is 8.40. The molecule has 1 rings (SSSR count). The normalized spacial score (nSPS) is 13.3. The van der Waals surface area contributed by atoms with Gasteiger partial charge in [-0.05, 0) is 31.5 Å². The van der Waals surface area contributed by atoms with Crippen molar-refractivity contribution in [3.63, 3.8) is 0 Å². The van der Waals surface area contributed by atoms with Crippen LogP contribution < -0.4 is 9.46 Å². The van der Waals surface area contributed by atoms with Gasteiger partial charge in [0.25, 0.3) is 0 Å². The molecule has 0 bridgehead atoms. The molecule has 4 nitrogen and oxygen atoms in total. The highest BCUT2D eigenvalue weighted by Crippen LogP contribution is 2.20. The summed E-state index contributed by atoms with van der Waals surface area (Å²) >= 11 is 0. The van der Waals surface area contributed by atoms with Gasteiger partial charge in [-0.15, -0.1) is 0 Å². The van der Waals surface area contributed by atoms with E-state index in [2.05, 4.69) is 4.72 Å². The number of hydrogen-bond acceptors (Lipinski definition) is 3. The molecule has 102 valence electrons. The molecule has 0 aliphatic heterocycles. The fourth-order valence-corrected chi connectivity index (χ4v) is 2.93. The van der Waals surface area contributed by atoms with Crippen molar-refractivity contribution in [3.05, 3.63) is 24.0 Å². The van der Waals surface area contributed by atoms with E-state index >= 15 is 0 Å². The van der Waals surface area contributed by atoms with Crippen molar-refractivity contribution in [3.8, 4) is 5.75 Å². The van der Waals surface area contributed by atoms with E-state index in [-0.39, 0.29) is 16.7 Å². The molecule has 0 aliphatic rings. The van der Waals surface area contributed by atoms with Crippen molar-refractivity contribution < 1.29 is 17.5 Å². The average Bonchev–Trinajstić information content (AvgIpc) is 2.28. The van der Waals surface area contributed by atoms with E-state index in [9.17, 15) is 12.8 Å². The van der Waals surface area contributed by atoms with E-state index in [1.807, 2.05) is 6.92 Å². The third-order valence-electron chi connectivity index (χ3n) is 2.51. The van der Waals surface area contributed by atoms with Crippen LogP contribution in [0.1, 0.15) is 26.7 Å². The first kappa shape index (κ1) is 14.9. The molecule has 0 radical (unpaired) electrons. The van der Waals surface area contributed by atoms with Gasteiger partial charge in [0, 0.05) is 6.04 Å². The van der Waals surface area contributed by atoms with Crippen LogP contribution in [-0.4, -0.2) is 21.6 Å². The van der Waals surface area contributed by atoms with Crippen LogP contribution in [-0.2, 0) is 10.0 Å². The topological polar surface area (TPSA) is 55.4 Å². The Morgan fingerprint density at radius 1 is 1.44 bits per heavy atom. The SMILES string of the molecule is CCC[C@H](C)NS(=O)(=O)c1ccc(OC)c(F)c1. The molecule has 0 spiro atoms. The van der Waals surface area contributed by atoms with Crippen molar-refractivity contribution in [2.24, 2.45) is 0 Å². The lowest BCUT2D eigenvalue weighted by Crippen LogP contribution is -2.32. The Balaban J connectivity index is 2.95. The second-order valence-corrected chi connectivity index (χ2v) is 5.82. The Bertz CT molecular complexity index is 502. The van der Waals surface area contributed by atoms with Crippen molar-refractivity contribution in [1.82, 2.24) is 4.72 Å². The highest BCUT2D eigenvalue weighted by atomic mass is 32.2. The summed E-state index contributed by atoms with van der Waals surface area (Å²) in [6.45, 7) is 3.75. The predicted molar refractivity (Wildman–Crippen MR) is 67.6 cm³/mol. The van der Waals surface area contributed by atoms with Gasteiger partial charge in [-0.2, -0.15) is 0 Å². The molecule has 0 heterocycles. The van der Waals surface area contributed by atoms with Gasteiger partial charge in [0.1, 0.15) is 0 Å². The second-order valence-electron chi connectivity index (χ2n) is 4.11. The first-order valence-corrected chi connectivity index (χ1v) is 7.25. The molecule has 1 aromatic rings. The molecule has 0 aromatic heterocycles. The molecule has 6 heteroatoms. The fourth-order valence-electron chi connectivity index (χ4n) is 1.64. The minimum atomic E-state index is -3.67. The van der Waals surface area contributed by atoms with Gasteiger partial charge < -0.3 is 4.74 Å². The van der Waals surface area contributed by atoms with E-state index in [0.717, 1.165) is 18.9 Å². The summed E-state index contributed by atoms with van der Waals surface area (Å²) in [4.78, 5) is -0.0937. The molecular weight excluding hydrogens is 257 g/mol. The zero-order chi connectivity index (χ0) is 13.8. The number of hydrogen-bond donors (Lipinski definition) is 1. The Labute approximate surface area is 107 Å². The third kappa shape index (κ3) is 3.68. The number of rotatable bonds is 6. The number of sulfonamides is 1. The first-order valence-electron chi connectivity index (χ1n) is 5.76. The summed E-state index contributed by atoms with van der Waals surface area (Å²) in [6, 6.07) is 3.40. The lowest BCUT2D eigenvalue weighted by molar-refractivity contribution is 0.385. The van der Waals surface area contributed by atoms with Gasteiger partial charge in [-0.1, -0.05) is 13.3 Å².